The van der Waals surface area contributed by atoms with Gasteiger partial charge in [-0.1, -0.05) is 77.6 Å². The van der Waals surface area contributed by atoms with Crippen LogP contribution in [-0.2, 0) is 14.3 Å². The van der Waals surface area contributed by atoms with Gasteiger partial charge in [-0.3, -0.25) is 4.79 Å². The van der Waals surface area contributed by atoms with E-state index in [9.17, 15) is 20.1 Å². The van der Waals surface area contributed by atoms with E-state index in [0.29, 0.717) is 6.42 Å². The van der Waals surface area contributed by atoms with Gasteiger partial charge in [-0.25, -0.2) is 0 Å². The minimum Gasteiger partial charge on any atom is -0.457 e. The molecule has 6 heteroatoms. The van der Waals surface area contributed by atoms with Crippen molar-refractivity contribution in [2.75, 3.05) is 13.2 Å². The highest BCUT2D eigenvalue weighted by Gasteiger charge is 2.36. The van der Waals surface area contributed by atoms with E-state index in [1.807, 2.05) is 0 Å². The molecule has 0 unspecified atom stereocenters. The molecule has 1 saturated heterocycles. The molecule has 0 aromatic rings. The van der Waals surface area contributed by atoms with Gasteiger partial charge in [-0.05, 0) is 6.42 Å². The summed E-state index contributed by atoms with van der Waals surface area (Å²) in [4.78, 5) is 11.9. The van der Waals surface area contributed by atoms with Crippen LogP contribution in [0.25, 0.3) is 0 Å². The van der Waals surface area contributed by atoms with E-state index in [1.165, 1.54) is 57.8 Å². The van der Waals surface area contributed by atoms with Crippen molar-refractivity contribution in [2.45, 2.75) is 115 Å². The third kappa shape index (κ3) is 11.0. The summed E-state index contributed by atoms with van der Waals surface area (Å²) in [7, 11) is 0. The fraction of sp³-hybridized carbons (Fsp3) is 0.952. The molecule has 1 aliphatic heterocycles. The predicted octanol–water partition coefficient (Wildman–Crippen LogP) is 3.10. The van der Waals surface area contributed by atoms with Crippen LogP contribution in [0.15, 0.2) is 0 Å². The van der Waals surface area contributed by atoms with Crippen LogP contribution in [0.1, 0.15) is 90.4 Å². The average Bonchev–Trinajstić information content (AvgIpc) is 2.77. The summed E-state index contributed by atoms with van der Waals surface area (Å²) in [5.74, 6) is -0.390. The fourth-order valence-electron chi connectivity index (χ4n) is 3.39. The predicted molar refractivity (Wildman–Crippen MR) is 104 cm³/mol. The molecule has 0 radical (unpaired) electrons. The van der Waals surface area contributed by atoms with Crippen LogP contribution >= 0.6 is 0 Å². The van der Waals surface area contributed by atoms with Gasteiger partial charge in [0.15, 0.2) is 6.10 Å². The number of rotatable bonds is 14. The van der Waals surface area contributed by atoms with Crippen molar-refractivity contribution >= 4 is 5.97 Å². The van der Waals surface area contributed by atoms with Crippen LogP contribution in [-0.4, -0.2) is 58.9 Å². The summed E-state index contributed by atoms with van der Waals surface area (Å²) in [5, 5.41) is 29.2. The standard InChI is InChI=1S/C21H40O6/c1-2-3-4-5-6-7-8-9-10-11-12-13-14-19(23)27-18-16-26-15-17(22)20(24)21(18)25/h17-18,20-22,24-25H,2-16H2,1H3/t17-,18-,20-,21-/m1/s1. The maximum atomic E-state index is 11.9. The lowest BCUT2D eigenvalue weighted by atomic mass is 10.0. The van der Waals surface area contributed by atoms with E-state index >= 15 is 0 Å². The lowest BCUT2D eigenvalue weighted by molar-refractivity contribution is -0.163. The highest BCUT2D eigenvalue weighted by atomic mass is 16.6. The Morgan fingerprint density at radius 1 is 0.815 bits per heavy atom. The molecule has 0 aromatic carbocycles. The monoisotopic (exact) mass is 388 g/mol. The Labute approximate surface area is 164 Å². The minimum atomic E-state index is -1.36. The van der Waals surface area contributed by atoms with E-state index in [1.54, 1.807) is 0 Å². The first-order valence-electron chi connectivity index (χ1n) is 10.9. The molecule has 0 spiro atoms. The van der Waals surface area contributed by atoms with Gasteiger partial charge in [0, 0.05) is 6.42 Å². The molecule has 0 bridgehead atoms. The minimum absolute atomic E-state index is 0.0144. The first-order chi connectivity index (χ1) is 13.1. The summed E-state index contributed by atoms with van der Waals surface area (Å²) in [5.41, 5.74) is 0. The Morgan fingerprint density at radius 3 is 1.89 bits per heavy atom. The molecule has 0 saturated carbocycles. The molecule has 3 N–H and O–H groups in total. The molecule has 27 heavy (non-hydrogen) atoms. The summed E-state index contributed by atoms with van der Waals surface area (Å²) in [6.07, 6.45) is 10.3. The van der Waals surface area contributed by atoms with Gasteiger partial charge in [-0.15, -0.1) is 0 Å². The van der Waals surface area contributed by atoms with Crippen molar-refractivity contribution in [3.63, 3.8) is 0 Å². The number of aliphatic hydroxyl groups is 3. The molecule has 0 amide bonds. The van der Waals surface area contributed by atoms with Crippen LogP contribution in [0.3, 0.4) is 0 Å². The van der Waals surface area contributed by atoms with Gasteiger partial charge in [0.1, 0.15) is 18.3 Å². The fourth-order valence-corrected chi connectivity index (χ4v) is 3.39. The Morgan fingerprint density at radius 2 is 1.33 bits per heavy atom. The molecule has 1 rings (SSSR count). The topological polar surface area (TPSA) is 96.2 Å². The van der Waals surface area contributed by atoms with Crippen LogP contribution in [0.4, 0.5) is 0 Å². The van der Waals surface area contributed by atoms with Gasteiger partial charge in [-0.2, -0.15) is 0 Å². The number of esters is 1. The molecule has 1 aliphatic rings. The second-order valence-corrected chi connectivity index (χ2v) is 7.75. The summed E-state index contributed by atoms with van der Waals surface area (Å²) >= 11 is 0. The Balaban J connectivity index is 1.98. The smallest absolute Gasteiger partial charge is 0.306 e. The normalized spacial score (nSPS) is 25.9. The third-order valence-corrected chi connectivity index (χ3v) is 5.21. The molecule has 0 aromatic heterocycles. The van der Waals surface area contributed by atoms with Gasteiger partial charge < -0.3 is 24.8 Å². The van der Waals surface area contributed by atoms with Gasteiger partial charge in [0.25, 0.3) is 0 Å². The molecule has 1 heterocycles. The molecule has 6 nitrogen and oxygen atoms in total. The van der Waals surface area contributed by atoms with Crippen molar-refractivity contribution in [3.8, 4) is 0 Å². The van der Waals surface area contributed by atoms with E-state index in [4.69, 9.17) is 9.47 Å². The number of carbonyl (C=O) groups excluding carboxylic acids is 1. The highest BCUT2D eigenvalue weighted by molar-refractivity contribution is 5.69. The quantitative estimate of drug-likeness (QED) is 0.313. The number of unbranched alkanes of at least 4 members (excludes halogenated alkanes) is 11. The highest BCUT2D eigenvalue weighted by Crippen LogP contribution is 2.16. The van der Waals surface area contributed by atoms with Gasteiger partial charge in [0.05, 0.1) is 13.2 Å². The van der Waals surface area contributed by atoms with E-state index < -0.39 is 30.4 Å². The molecule has 4 atom stereocenters. The van der Waals surface area contributed by atoms with Crippen molar-refractivity contribution in [1.29, 1.82) is 0 Å². The zero-order valence-electron chi connectivity index (χ0n) is 17.0. The third-order valence-electron chi connectivity index (χ3n) is 5.21. The second-order valence-electron chi connectivity index (χ2n) is 7.75. The van der Waals surface area contributed by atoms with Crippen LogP contribution < -0.4 is 0 Å². The van der Waals surface area contributed by atoms with Crippen LogP contribution in [0.2, 0.25) is 0 Å². The number of carbonyl (C=O) groups is 1. The first-order valence-corrected chi connectivity index (χ1v) is 10.9. The lowest BCUT2D eigenvalue weighted by Gasteiger charge is -2.24. The zero-order valence-corrected chi connectivity index (χ0v) is 17.0. The number of hydrogen-bond acceptors (Lipinski definition) is 6. The maximum Gasteiger partial charge on any atom is 0.306 e. The molecule has 1 fully saturated rings. The number of hydrogen-bond donors (Lipinski definition) is 3. The Kier molecular flexibility index (Phi) is 13.8. The SMILES string of the molecule is CCCCCCCCCCCCCCC(=O)O[C@@H]1COC[C@@H](O)[C@@H](O)[C@@H]1O. The van der Waals surface area contributed by atoms with E-state index in [2.05, 4.69) is 6.92 Å². The first kappa shape index (κ1) is 24.3. The van der Waals surface area contributed by atoms with Crippen molar-refractivity contribution in [2.24, 2.45) is 0 Å². The van der Waals surface area contributed by atoms with Gasteiger partial charge in [0.2, 0.25) is 0 Å². The van der Waals surface area contributed by atoms with Crippen LogP contribution in [0.5, 0.6) is 0 Å². The Hall–Kier alpha value is -0.690. The van der Waals surface area contributed by atoms with Gasteiger partial charge >= 0.3 is 5.97 Å². The molecular weight excluding hydrogens is 348 g/mol. The molecule has 160 valence electrons. The second kappa shape index (κ2) is 15.3. The summed E-state index contributed by atoms with van der Waals surface area (Å²) in [6.45, 7) is 2.15. The van der Waals surface area contributed by atoms with Crippen LogP contribution in [0, 0.1) is 0 Å². The maximum absolute atomic E-state index is 11.9. The number of ether oxygens (including phenoxy) is 2. The molecular formula is C21H40O6. The summed E-state index contributed by atoms with van der Waals surface area (Å²) in [6, 6.07) is 0. The van der Waals surface area contributed by atoms with Crippen molar-refractivity contribution < 1.29 is 29.6 Å². The van der Waals surface area contributed by atoms with E-state index in [-0.39, 0.29) is 13.2 Å². The number of aliphatic hydroxyl groups excluding tert-OH is 3. The molecule has 0 aliphatic carbocycles. The lowest BCUT2D eigenvalue weighted by Crippen LogP contribution is -2.45. The van der Waals surface area contributed by atoms with E-state index in [0.717, 1.165) is 19.3 Å². The zero-order chi connectivity index (χ0) is 19.9. The van der Waals surface area contributed by atoms with Crippen molar-refractivity contribution in [3.05, 3.63) is 0 Å². The summed E-state index contributed by atoms with van der Waals surface area (Å²) < 4.78 is 10.3. The average molecular weight is 389 g/mol. The largest absolute Gasteiger partial charge is 0.457 e. The van der Waals surface area contributed by atoms with Crippen molar-refractivity contribution in [1.82, 2.24) is 0 Å². The Bertz CT molecular complexity index is 376.